The molecule has 0 spiro atoms. The van der Waals surface area contributed by atoms with Crippen LogP contribution in [0.3, 0.4) is 0 Å². The van der Waals surface area contributed by atoms with Gasteiger partial charge < -0.3 is 10.3 Å². The van der Waals surface area contributed by atoms with Crippen LogP contribution >= 0.6 is 12.4 Å². The monoisotopic (exact) mass is 335 g/mol. The van der Waals surface area contributed by atoms with E-state index in [0.29, 0.717) is 18.7 Å². The van der Waals surface area contributed by atoms with Crippen molar-refractivity contribution < 1.29 is 12.9 Å². The molecular formula is C13H22ClN3O3S. The molecule has 0 aromatic carbocycles. The largest absolute Gasteiger partial charge is 0.338 e. The van der Waals surface area contributed by atoms with Crippen LogP contribution in [0.4, 0.5) is 0 Å². The second kappa shape index (κ2) is 5.52. The van der Waals surface area contributed by atoms with Gasteiger partial charge in [-0.05, 0) is 25.7 Å². The van der Waals surface area contributed by atoms with Crippen molar-refractivity contribution >= 4 is 22.2 Å². The number of nitrogens with two attached hydrogens (primary N) is 1. The van der Waals surface area contributed by atoms with E-state index in [0.717, 1.165) is 38.5 Å². The van der Waals surface area contributed by atoms with Crippen LogP contribution in [0.5, 0.6) is 0 Å². The molecule has 1 aromatic rings. The second-order valence-corrected chi connectivity index (χ2v) is 8.59. The molecule has 0 bridgehead atoms. The zero-order valence-corrected chi connectivity index (χ0v) is 13.8. The van der Waals surface area contributed by atoms with Crippen LogP contribution < -0.4 is 5.73 Å². The lowest BCUT2D eigenvalue weighted by Gasteiger charge is -2.22. The van der Waals surface area contributed by atoms with Gasteiger partial charge in [-0.15, -0.1) is 12.4 Å². The third-order valence-electron chi connectivity index (χ3n) is 4.88. The molecule has 120 valence electrons. The smallest absolute Gasteiger partial charge is 0.248 e. The van der Waals surface area contributed by atoms with Crippen molar-refractivity contribution in [3.63, 3.8) is 0 Å². The lowest BCUT2D eigenvalue weighted by molar-refractivity contribution is 0.318. The van der Waals surface area contributed by atoms with E-state index in [2.05, 4.69) is 10.1 Å². The first-order valence-corrected chi connectivity index (χ1v) is 9.10. The van der Waals surface area contributed by atoms with E-state index >= 15 is 0 Å². The predicted molar refractivity (Wildman–Crippen MR) is 80.9 cm³/mol. The summed E-state index contributed by atoms with van der Waals surface area (Å²) in [5.41, 5.74) is 5.77. The summed E-state index contributed by atoms with van der Waals surface area (Å²) in [6, 6.07) is 0. The molecule has 2 aliphatic rings. The zero-order chi connectivity index (χ0) is 14.4. The van der Waals surface area contributed by atoms with Crippen molar-refractivity contribution in [1.82, 2.24) is 10.1 Å². The summed E-state index contributed by atoms with van der Waals surface area (Å²) >= 11 is 0. The lowest BCUT2D eigenvalue weighted by atomic mass is 9.98. The maximum atomic E-state index is 12.2. The first kappa shape index (κ1) is 16.7. The summed E-state index contributed by atoms with van der Waals surface area (Å²) in [6.45, 7) is 0. The minimum absolute atomic E-state index is 0. The lowest BCUT2D eigenvalue weighted by Crippen LogP contribution is -2.35. The van der Waals surface area contributed by atoms with Crippen LogP contribution in [0.25, 0.3) is 0 Å². The number of halogens is 1. The van der Waals surface area contributed by atoms with Crippen LogP contribution in [0, 0.1) is 0 Å². The van der Waals surface area contributed by atoms with Crippen molar-refractivity contribution in [3.8, 4) is 0 Å². The van der Waals surface area contributed by atoms with Gasteiger partial charge in [0.25, 0.3) is 0 Å². The number of aromatic nitrogens is 2. The van der Waals surface area contributed by atoms with Gasteiger partial charge in [0.15, 0.2) is 20.4 Å². The van der Waals surface area contributed by atoms with Gasteiger partial charge in [-0.2, -0.15) is 4.98 Å². The minimum Gasteiger partial charge on any atom is -0.338 e. The number of nitrogens with zero attached hydrogens (tertiary/aromatic N) is 2. The highest BCUT2D eigenvalue weighted by Crippen LogP contribution is 2.45. The predicted octanol–water partition coefficient (Wildman–Crippen LogP) is 2.03. The maximum Gasteiger partial charge on any atom is 0.248 e. The summed E-state index contributed by atoms with van der Waals surface area (Å²) in [7, 11) is -3.28. The molecule has 0 atom stereocenters. The Morgan fingerprint density at radius 2 is 1.62 bits per heavy atom. The Labute approximate surface area is 131 Å². The van der Waals surface area contributed by atoms with Crippen molar-refractivity contribution in [3.05, 3.63) is 11.7 Å². The van der Waals surface area contributed by atoms with Crippen molar-refractivity contribution in [2.75, 3.05) is 6.26 Å². The molecule has 2 N–H and O–H groups in total. The Bertz CT molecular complexity index is 602. The fraction of sp³-hybridized carbons (Fsp3) is 0.846. The first-order chi connectivity index (χ1) is 9.37. The topological polar surface area (TPSA) is 99.1 Å². The minimum atomic E-state index is -3.28. The fourth-order valence-electron chi connectivity index (χ4n) is 3.53. The highest BCUT2D eigenvalue weighted by molar-refractivity contribution is 7.91. The number of hydrogen-bond acceptors (Lipinski definition) is 6. The standard InChI is InChI=1S/C13H21N3O3S.ClH/c1-20(17,18)13(8-4-5-9-13)11-15-10(16-19-11)12(14)6-2-3-7-12;/h2-9,14H2,1H3;1H. The van der Waals surface area contributed by atoms with Crippen LogP contribution in [-0.2, 0) is 20.1 Å². The van der Waals surface area contributed by atoms with Gasteiger partial charge in [-0.1, -0.05) is 30.8 Å². The Hall–Kier alpha value is -0.660. The quantitative estimate of drug-likeness (QED) is 0.907. The van der Waals surface area contributed by atoms with Gasteiger partial charge in [0.1, 0.15) is 0 Å². The normalized spacial score (nSPS) is 23.9. The molecule has 2 fully saturated rings. The molecule has 2 saturated carbocycles. The highest BCUT2D eigenvalue weighted by atomic mass is 35.5. The van der Waals surface area contributed by atoms with Gasteiger partial charge in [-0.3, -0.25) is 0 Å². The van der Waals surface area contributed by atoms with E-state index in [1.807, 2.05) is 0 Å². The van der Waals surface area contributed by atoms with Gasteiger partial charge in [0.2, 0.25) is 5.89 Å². The Balaban J connectivity index is 0.00000161. The second-order valence-electron chi connectivity index (χ2n) is 6.26. The van der Waals surface area contributed by atoms with Crippen molar-refractivity contribution in [2.45, 2.75) is 61.7 Å². The van der Waals surface area contributed by atoms with Gasteiger partial charge >= 0.3 is 0 Å². The molecule has 0 unspecified atom stereocenters. The number of sulfone groups is 1. The molecular weight excluding hydrogens is 314 g/mol. The van der Waals surface area contributed by atoms with Crippen molar-refractivity contribution in [1.29, 1.82) is 0 Å². The Morgan fingerprint density at radius 3 is 2.14 bits per heavy atom. The molecule has 1 heterocycles. The van der Waals surface area contributed by atoms with E-state index in [1.54, 1.807) is 0 Å². The molecule has 6 nitrogen and oxygen atoms in total. The molecule has 0 saturated heterocycles. The van der Waals surface area contributed by atoms with E-state index < -0.39 is 20.1 Å². The van der Waals surface area contributed by atoms with Crippen LogP contribution in [0.15, 0.2) is 4.52 Å². The molecule has 3 rings (SSSR count). The maximum absolute atomic E-state index is 12.2. The Kier molecular flexibility index (Phi) is 4.39. The molecule has 1 aromatic heterocycles. The molecule has 2 aliphatic carbocycles. The third kappa shape index (κ3) is 2.59. The summed E-state index contributed by atoms with van der Waals surface area (Å²) in [5.74, 6) is 0.712. The molecule has 0 amide bonds. The average molecular weight is 336 g/mol. The molecule has 21 heavy (non-hydrogen) atoms. The van der Waals surface area contributed by atoms with E-state index in [9.17, 15) is 8.42 Å². The van der Waals surface area contributed by atoms with Crippen molar-refractivity contribution in [2.24, 2.45) is 5.73 Å². The summed E-state index contributed by atoms with van der Waals surface area (Å²) in [6.07, 6.45) is 7.90. The zero-order valence-electron chi connectivity index (χ0n) is 12.2. The Morgan fingerprint density at radius 1 is 1.10 bits per heavy atom. The summed E-state index contributed by atoms with van der Waals surface area (Å²) < 4.78 is 28.8. The average Bonchev–Trinajstić information content (AvgIpc) is 3.08. The first-order valence-electron chi connectivity index (χ1n) is 7.21. The molecule has 0 radical (unpaired) electrons. The summed E-state index contributed by atoms with van der Waals surface area (Å²) in [4.78, 5) is 4.40. The fourth-order valence-corrected chi connectivity index (χ4v) is 4.96. The molecule has 0 aliphatic heterocycles. The molecule has 8 heteroatoms. The number of hydrogen-bond donors (Lipinski definition) is 1. The van der Waals surface area contributed by atoms with Gasteiger partial charge in [-0.25, -0.2) is 8.42 Å². The van der Waals surface area contributed by atoms with Crippen LogP contribution in [0.2, 0.25) is 0 Å². The highest BCUT2D eigenvalue weighted by Gasteiger charge is 2.50. The van der Waals surface area contributed by atoms with Gasteiger partial charge in [0.05, 0.1) is 5.54 Å². The van der Waals surface area contributed by atoms with E-state index in [-0.39, 0.29) is 18.3 Å². The SMILES string of the molecule is CS(=O)(=O)C1(c2nc(C3(N)CCCC3)no2)CCCC1.Cl. The number of rotatable bonds is 3. The van der Waals surface area contributed by atoms with Crippen LogP contribution in [-0.4, -0.2) is 24.8 Å². The summed E-state index contributed by atoms with van der Waals surface area (Å²) in [5, 5.41) is 4.00. The van der Waals surface area contributed by atoms with Crippen LogP contribution in [0.1, 0.15) is 63.1 Å². The van der Waals surface area contributed by atoms with Gasteiger partial charge in [0, 0.05) is 6.26 Å². The van der Waals surface area contributed by atoms with E-state index in [1.165, 1.54) is 6.26 Å². The third-order valence-corrected chi connectivity index (χ3v) is 6.88. The van der Waals surface area contributed by atoms with E-state index in [4.69, 9.17) is 10.3 Å².